The quantitative estimate of drug-likeness (QED) is 0.400. The van der Waals surface area contributed by atoms with Gasteiger partial charge in [0.1, 0.15) is 0 Å². The summed E-state index contributed by atoms with van der Waals surface area (Å²) in [6.07, 6.45) is 2.20. The first kappa shape index (κ1) is 23.5. The number of aromatic amines is 1. The Balaban J connectivity index is 1.23. The Hall–Kier alpha value is -2.88. The number of hydrogen-bond acceptors (Lipinski definition) is 7. The minimum Gasteiger partial charge on any atom is -0.378 e. The number of rotatable bonds is 5. The number of pyridine rings is 1. The van der Waals surface area contributed by atoms with Gasteiger partial charge in [-0.05, 0) is 43.2 Å². The first-order valence-electron chi connectivity index (χ1n) is 12.4. The SMILES string of the molecule is O=C(CNc1ccc2c(c1)Sc1cccc(-c3cc(N4CCOCC4)cc(=O)[nH]3)c1S2)N1CCCC1. The third kappa shape index (κ3) is 4.87. The number of likely N-dealkylation sites (tertiary alicyclic amines) is 1. The summed E-state index contributed by atoms with van der Waals surface area (Å²) in [5.74, 6) is 0.163. The van der Waals surface area contributed by atoms with Gasteiger partial charge in [0, 0.05) is 68.8 Å². The average Bonchev–Trinajstić information content (AvgIpc) is 3.45. The molecule has 0 radical (unpaired) electrons. The van der Waals surface area contributed by atoms with Crippen molar-refractivity contribution in [3.05, 3.63) is 58.9 Å². The van der Waals surface area contributed by atoms with Gasteiger partial charge in [-0.2, -0.15) is 0 Å². The molecule has 0 saturated carbocycles. The molecule has 36 heavy (non-hydrogen) atoms. The van der Waals surface area contributed by atoms with Crippen molar-refractivity contribution in [2.75, 3.05) is 56.2 Å². The van der Waals surface area contributed by atoms with E-state index in [1.54, 1.807) is 29.6 Å². The highest BCUT2D eigenvalue weighted by Crippen LogP contribution is 2.52. The van der Waals surface area contributed by atoms with E-state index in [1.807, 2.05) is 17.0 Å². The Labute approximate surface area is 218 Å². The molecule has 2 aromatic carbocycles. The first-order valence-corrected chi connectivity index (χ1v) is 14.0. The highest BCUT2D eigenvalue weighted by molar-refractivity contribution is 8.05. The van der Waals surface area contributed by atoms with E-state index in [2.05, 4.69) is 45.5 Å². The molecular formula is C27H28N4O3S2. The Morgan fingerprint density at radius 3 is 2.61 bits per heavy atom. The molecule has 0 bridgehead atoms. The summed E-state index contributed by atoms with van der Waals surface area (Å²) in [6.45, 7) is 4.99. The van der Waals surface area contributed by atoms with Gasteiger partial charge in [-0.25, -0.2) is 0 Å². The molecular weight excluding hydrogens is 492 g/mol. The second kappa shape index (κ2) is 10.2. The number of carbonyl (C=O) groups is 1. The number of nitrogens with one attached hydrogen (secondary N) is 2. The van der Waals surface area contributed by atoms with Crippen LogP contribution in [0.25, 0.3) is 11.3 Å². The van der Waals surface area contributed by atoms with Crippen molar-refractivity contribution < 1.29 is 9.53 Å². The van der Waals surface area contributed by atoms with Crippen LogP contribution in [0.3, 0.4) is 0 Å². The maximum absolute atomic E-state index is 12.6. The van der Waals surface area contributed by atoms with E-state index in [-0.39, 0.29) is 11.5 Å². The van der Waals surface area contributed by atoms with Crippen molar-refractivity contribution in [1.29, 1.82) is 0 Å². The van der Waals surface area contributed by atoms with Gasteiger partial charge in [0.15, 0.2) is 0 Å². The van der Waals surface area contributed by atoms with Crippen LogP contribution in [0.15, 0.2) is 72.9 Å². The lowest BCUT2D eigenvalue weighted by atomic mass is 10.1. The van der Waals surface area contributed by atoms with Crippen LogP contribution < -0.4 is 15.8 Å². The predicted octanol–water partition coefficient (Wildman–Crippen LogP) is 4.53. The number of carbonyl (C=O) groups excluding carboxylic acids is 1. The van der Waals surface area contributed by atoms with Gasteiger partial charge in [0.2, 0.25) is 11.5 Å². The summed E-state index contributed by atoms with van der Waals surface area (Å²) in [6, 6.07) is 16.3. The molecule has 186 valence electrons. The van der Waals surface area contributed by atoms with Gasteiger partial charge in [0.25, 0.3) is 0 Å². The molecule has 3 aromatic rings. The van der Waals surface area contributed by atoms with E-state index in [4.69, 9.17) is 4.74 Å². The standard InChI is InChI=1S/C27H28N4O3S2/c32-25-16-19(30-10-12-34-13-11-30)15-21(29-25)20-4-3-5-23-27(20)36-22-7-6-18(14-24(22)35-23)28-17-26(33)31-8-1-2-9-31/h3-7,14-16,28H,1-2,8-13,17H2,(H,29,32). The van der Waals surface area contributed by atoms with Crippen LogP contribution in [0.1, 0.15) is 12.8 Å². The van der Waals surface area contributed by atoms with Gasteiger partial charge in [-0.3, -0.25) is 9.59 Å². The third-order valence-corrected chi connectivity index (χ3v) is 9.35. The fourth-order valence-corrected chi connectivity index (χ4v) is 7.27. The summed E-state index contributed by atoms with van der Waals surface area (Å²) in [5.41, 5.74) is 3.65. The molecule has 6 rings (SSSR count). The molecule has 4 heterocycles. The molecule has 1 aromatic heterocycles. The van der Waals surface area contributed by atoms with Crippen LogP contribution in [0.4, 0.5) is 11.4 Å². The maximum atomic E-state index is 12.6. The molecule has 1 amide bonds. The topological polar surface area (TPSA) is 77.7 Å². The van der Waals surface area contributed by atoms with Crippen LogP contribution in [0.2, 0.25) is 0 Å². The second-order valence-corrected chi connectivity index (χ2v) is 11.3. The highest BCUT2D eigenvalue weighted by atomic mass is 32.2. The Kier molecular flexibility index (Phi) is 6.69. The van der Waals surface area contributed by atoms with Crippen LogP contribution in [-0.4, -0.2) is 61.7 Å². The number of benzene rings is 2. The van der Waals surface area contributed by atoms with Gasteiger partial charge in [-0.15, -0.1) is 0 Å². The lowest BCUT2D eigenvalue weighted by Gasteiger charge is -2.29. The Morgan fingerprint density at radius 1 is 0.944 bits per heavy atom. The number of morpholine rings is 1. The minimum atomic E-state index is -0.0975. The molecule has 3 aliphatic rings. The molecule has 0 unspecified atom stereocenters. The van der Waals surface area contributed by atoms with E-state index in [1.165, 1.54) is 9.79 Å². The Morgan fingerprint density at radius 2 is 1.78 bits per heavy atom. The van der Waals surface area contributed by atoms with Gasteiger partial charge in [-0.1, -0.05) is 35.7 Å². The van der Waals surface area contributed by atoms with E-state index < -0.39 is 0 Å². The number of nitrogens with zero attached hydrogens (tertiary/aromatic N) is 2. The van der Waals surface area contributed by atoms with Crippen LogP contribution in [0.5, 0.6) is 0 Å². The molecule has 7 nitrogen and oxygen atoms in total. The molecule has 3 aliphatic heterocycles. The van der Waals surface area contributed by atoms with Crippen molar-refractivity contribution in [3.63, 3.8) is 0 Å². The Bertz CT molecular complexity index is 1350. The second-order valence-electron chi connectivity index (χ2n) is 9.16. The summed E-state index contributed by atoms with van der Waals surface area (Å²) in [5, 5.41) is 3.31. The third-order valence-electron chi connectivity index (χ3n) is 6.75. The van der Waals surface area contributed by atoms with Crippen LogP contribution in [0, 0.1) is 0 Å². The lowest BCUT2D eigenvalue weighted by Crippen LogP contribution is -2.36. The van der Waals surface area contributed by atoms with Crippen LogP contribution >= 0.6 is 23.5 Å². The molecule has 0 atom stereocenters. The highest BCUT2D eigenvalue weighted by Gasteiger charge is 2.23. The van der Waals surface area contributed by atoms with E-state index in [0.29, 0.717) is 19.8 Å². The van der Waals surface area contributed by atoms with Crippen molar-refractivity contribution in [2.24, 2.45) is 0 Å². The van der Waals surface area contributed by atoms with Gasteiger partial charge >= 0.3 is 0 Å². The number of anilines is 2. The predicted molar refractivity (Wildman–Crippen MR) is 145 cm³/mol. The number of fused-ring (bicyclic) bond motifs is 2. The monoisotopic (exact) mass is 520 g/mol. The van der Waals surface area contributed by atoms with Crippen molar-refractivity contribution in [1.82, 2.24) is 9.88 Å². The maximum Gasteiger partial charge on any atom is 0.250 e. The van der Waals surface area contributed by atoms with Crippen molar-refractivity contribution >= 4 is 40.8 Å². The largest absolute Gasteiger partial charge is 0.378 e. The first-order chi connectivity index (χ1) is 17.6. The molecule has 2 N–H and O–H groups in total. The minimum absolute atomic E-state index is 0.0975. The summed E-state index contributed by atoms with van der Waals surface area (Å²) in [7, 11) is 0. The molecule has 0 spiro atoms. The number of ether oxygens (including phenoxy) is 1. The van der Waals surface area contributed by atoms with E-state index in [9.17, 15) is 9.59 Å². The fourth-order valence-electron chi connectivity index (χ4n) is 4.86. The number of hydrogen-bond donors (Lipinski definition) is 2. The zero-order valence-corrected chi connectivity index (χ0v) is 21.6. The smallest absolute Gasteiger partial charge is 0.250 e. The summed E-state index contributed by atoms with van der Waals surface area (Å²) in [4.78, 5) is 36.8. The molecule has 2 saturated heterocycles. The number of amides is 1. The zero-order valence-electron chi connectivity index (χ0n) is 19.9. The molecule has 2 fully saturated rings. The number of H-pyrrole nitrogens is 1. The summed E-state index contributed by atoms with van der Waals surface area (Å²) < 4.78 is 5.48. The van der Waals surface area contributed by atoms with Gasteiger partial charge in [0.05, 0.1) is 25.5 Å². The zero-order chi connectivity index (χ0) is 24.5. The molecule has 0 aliphatic carbocycles. The van der Waals surface area contributed by atoms with Crippen molar-refractivity contribution in [2.45, 2.75) is 32.4 Å². The summed E-state index contributed by atoms with van der Waals surface area (Å²) >= 11 is 3.45. The normalized spacial score (nSPS) is 17.0. The number of aromatic nitrogens is 1. The average molecular weight is 521 g/mol. The van der Waals surface area contributed by atoms with Gasteiger partial charge < -0.3 is 24.8 Å². The fraction of sp³-hybridized carbons (Fsp3) is 0.333. The van der Waals surface area contributed by atoms with E-state index >= 15 is 0 Å². The van der Waals surface area contributed by atoms with E-state index in [0.717, 1.165) is 71.4 Å². The van der Waals surface area contributed by atoms with Crippen molar-refractivity contribution in [3.8, 4) is 11.3 Å². The lowest BCUT2D eigenvalue weighted by molar-refractivity contribution is -0.128. The van der Waals surface area contributed by atoms with Crippen LogP contribution in [-0.2, 0) is 9.53 Å². The molecule has 9 heteroatoms.